The fraction of sp³-hybridized carbons (Fsp3) is 0.167. The molecule has 65 heavy (non-hydrogen) atoms. The molecule has 0 amide bonds. The van der Waals surface area contributed by atoms with E-state index >= 15 is 0 Å². The quantitative estimate of drug-likeness (QED) is 0.0588. The van der Waals surface area contributed by atoms with Crippen LogP contribution in [-0.4, -0.2) is 14.2 Å². The van der Waals surface area contributed by atoms with Gasteiger partial charge in [0.2, 0.25) is 0 Å². The smallest absolute Gasteiger partial charge is 0.417 e. The Balaban J connectivity index is 0.00000124. The number of hydrogen-bond donors (Lipinski definition) is 0. The number of rotatable bonds is 10. The molecule has 0 aliphatic rings. The summed E-state index contributed by atoms with van der Waals surface area (Å²) in [5.74, 6) is 0.986. The van der Waals surface area contributed by atoms with Crippen molar-refractivity contribution < 1.29 is 79.2 Å². The molecule has 0 aliphatic carbocycles. The molecule has 17 heteroatoms. The van der Waals surface area contributed by atoms with E-state index in [1.807, 2.05) is 42.5 Å². The molecule has 0 saturated carbocycles. The summed E-state index contributed by atoms with van der Waals surface area (Å²) in [7, 11) is -2.04. The molecule has 2 nitrogen and oxygen atoms in total. The summed E-state index contributed by atoms with van der Waals surface area (Å²) in [4.78, 5) is 0. The molecule has 0 heterocycles. The van der Waals surface area contributed by atoms with Crippen LogP contribution < -0.4 is 36.0 Å². The number of para-hydroxylation sites is 2. The first kappa shape index (κ1) is 50.9. The minimum absolute atomic E-state index is 0. The van der Waals surface area contributed by atoms with Gasteiger partial charge in [-0.1, -0.05) is 96.7 Å². The minimum atomic E-state index is -5.79. The van der Waals surface area contributed by atoms with Gasteiger partial charge in [0, 0.05) is 27.7 Å². The van der Waals surface area contributed by atoms with Crippen molar-refractivity contribution >= 4 is 42.4 Å². The molecule has 1 unspecified atom stereocenters. The molecule has 348 valence electrons. The van der Waals surface area contributed by atoms with Gasteiger partial charge in [-0.05, 0) is 56.4 Å². The van der Waals surface area contributed by atoms with E-state index in [1.165, 1.54) is 33.3 Å². The predicted octanol–water partition coefficient (Wildman–Crippen LogP) is 13.5. The second-order valence-electron chi connectivity index (χ2n) is 14.0. The Labute approximate surface area is 379 Å². The molecule has 1 atom stereocenters. The van der Waals surface area contributed by atoms with Crippen molar-refractivity contribution in [2.24, 2.45) is 0 Å². The molecular weight excluding hydrogens is 954 g/mol. The van der Waals surface area contributed by atoms with Crippen LogP contribution in [0.15, 0.2) is 158 Å². The molecule has 0 aromatic heterocycles. The first-order valence-corrected chi connectivity index (χ1v) is 21.9. The van der Waals surface area contributed by atoms with E-state index in [-0.39, 0.29) is 34.8 Å². The van der Waals surface area contributed by atoms with Crippen LogP contribution in [0.4, 0.5) is 52.7 Å². The molecule has 0 N–H and O–H groups in total. The van der Waals surface area contributed by atoms with Crippen molar-refractivity contribution in [3.63, 3.8) is 0 Å². The molecule has 7 aromatic rings. The largest absolute Gasteiger partial charge is 0.748 e. The van der Waals surface area contributed by atoms with E-state index in [1.54, 1.807) is 66.7 Å². The number of halogens is 12. The van der Waals surface area contributed by atoms with Gasteiger partial charge < -0.3 is 39.8 Å². The van der Waals surface area contributed by atoms with Gasteiger partial charge in [-0.25, -0.2) is 0 Å². The van der Waals surface area contributed by atoms with Crippen molar-refractivity contribution in [3.8, 4) is 22.6 Å². The average Bonchev–Trinajstić information content (AvgIpc) is 4.00. The first-order valence-electron chi connectivity index (χ1n) is 19.1. The van der Waals surface area contributed by atoms with E-state index in [9.17, 15) is 52.7 Å². The number of methoxy groups -OCH3 is 2. The van der Waals surface area contributed by atoms with Gasteiger partial charge >= 0.3 is 24.7 Å². The SMILES string of the molecule is COc1ccccc1P(c1ccccc1OC)c1ccccc1-[c-]1cccc1C(C)P(c1cccc(C(F)(F)F)c1C(F)(F)F)c1cccc(C(F)(F)F)c1C(F)(F)F.[Fe].[cH-]1[cH-][cH-][cH-][cH-]1. The number of ether oxygens (including phenoxy) is 2. The fourth-order valence-electron chi connectivity index (χ4n) is 7.52. The van der Waals surface area contributed by atoms with Crippen molar-refractivity contribution in [2.75, 3.05) is 14.2 Å². The molecule has 0 radical (unpaired) electrons. The maximum absolute atomic E-state index is 14.9. The van der Waals surface area contributed by atoms with Crippen LogP contribution in [0.25, 0.3) is 11.1 Å². The maximum atomic E-state index is 14.9. The van der Waals surface area contributed by atoms with Crippen molar-refractivity contribution in [3.05, 3.63) is 186 Å². The Morgan fingerprint density at radius 1 is 0.462 bits per heavy atom. The van der Waals surface area contributed by atoms with Crippen molar-refractivity contribution in [1.29, 1.82) is 0 Å². The molecular formula is C48H36F12FeO2P2-6. The van der Waals surface area contributed by atoms with Gasteiger partial charge in [0.15, 0.2) is 0 Å². The molecule has 7 aromatic carbocycles. The summed E-state index contributed by atoms with van der Waals surface area (Å²) in [6.45, 7) is 1.22. The zero-order chi connectivity index (χ0) is 46.6. The van der Waals surface area contributed by atoms with Crippen LogP contribution in [-0.2, 0) is 41.8 Å². The van der Waals surface area contributed by atoms with E-state index in [0.29, 0.717) is 62.8 Å². The standard InChI is InChI=1S/C43H31F12O2P2.C5H5.Fe/c1-25(58(36-23-11-16-29(40(44,45)46)38(36)42(50,51)52)37-24-12-17-30(41(47,48)49)39(37)43(53,54)55)26-14-10-15-27(26)28-13-4-7-20-33(28)59(34-21-8-5-18-31(34)56-2)35-22-9-6-19-32(35)57-3;1-2-4-5-3-1;/h4-25H,1-3H3;1-5H;/q-1;-5;. The summed E-state index contributed by atoms with van der Waals surface area (Å²) in [6.07, 6.45) is -22.8. The number of alkyl halides is 12. The predicted molar refractivity (Wildman–Crippen MR) is 229 cm³/mol. The first-order chi connectivity index (χ1) is 30.2. The third kappa shape index (κ3) is 11.1. The van der Waals surface area contributed by atoms with Crippen LogP contribution in [0.5, 0.6) is 11.5 Å². The van der Waals surface area contributed by atoms with Gasteiger partial charge in [-0.15, -0.1) is 29.3 Å². The van der Waals surface area contributed by atoms with E-state index in [4.69, 9.17) is 9.47 Å². The average molecular weight is 991 g/mol. The van der Waals surface area contributed by atoms with Crippen LogP contribution >= 0.6 is 15.8 Å². The Bertz CT molecular complexity index is 2510. The topological polar surface area (TPSA) is 18.5 Å². The second-order valence-corrected chi connectivity index (χ2v) is 18.6. The third-order valence-corrected chi connectivity index (χ3v) is 15.5. The van der Waals surface area contributed by atoms with Crippen LogP contribution in [0, 0.1) is 0 Å². The Hall–Kier alpha value is -5.06. The summed E-state index contributed by atoms with van der Waals surface area (Å²) in [6, 6.07) is 38.3. The van der Waals surface area contributed by atoms with Gasteiger partial charge in [-0.2, -0.15) is 58.8 Å². The molecule has 0 spiro atoms. The number of hydrogen-bond acceptors (Lipinski definition) is 2. The summed E-state index contributed by atoms with van der Waals surface area (Å²) < 4.78 is 187. The third-order valence-electron chi connectivity index (χ3n) is 10.1. The molecule has 0 aliphatic heterocycles. The van der Waals surface area contributed by atoms with Crippen LogP contribution in [0.1, 0.15) is 40.4 Å². The number of benzene rings is 5. The zero-order valence-corrected chi connectivity index (χ0v) is 37.1. The van der Waals surface area contributed by atoms with E-state index in [0.717, 1.165) is 0 Å². The summed E-state index contributed by atoms with van der Waals surface area (Å²) in [5.41, 5.74) is -9.63. The van der Waals surface area contributed by atoms with Crippen LogP contribution in [0.2, 0.25) is 0 Å². The Kier molecular flexibility index (Phi) is 16.2. The Morgan fingerprint density at radius 3 is 1.25 bits per heavy atom. The van der Waals surface area contributed by atoms with Gasteiger partial charge in [0.05, 0.1) is 36.5 Å². The second kappa shape index (κ2) is 20.6. The zero-order valence-electron chi connectivity index (χ0n) is 34.2. The van der Waals surface area contributed by atoms with Crippen molar-refractivity contribution in [2.45, 2.75) is 37.3 Å². The molecule has 0 saturated heterocycles. The summed E-state index contributed by atoms with van der Waals surface area (Å²) in [5, 5.41) is -0.382. The van der Waals surface area contributed by atoms with Crippen LogP contribution in [0.3, 0.4) is 0 Å². The van der Waals surface area contributed by atoms with Gasteiger partial charge in [-0.3, -0.25) is 0 Å². The van der Waals surface area contributed by atoms with Gasteiger partial charge in [0.1, 0.15) is 11.5 Å². The minimum Gasteiger partial charge on any atom is -0.748 e. The van der Waals surface area contributed by atoms with Gasteiger partial charge in [0.25, 0.3) is 0 Å². The Morgan fingerprint density at radius 2 is 0.846 bits per heavy atom. The van der Waals surface area contributed by atoms with E-state index in [2.05, 4.69) is 0 Å². The molecule has 0 bridgehead atoms. The van der Waals surface area contributed by atoms with E-state index < -0.39 is 79.1 Å². The summed E-state index contributed by atoms with van der Waals surface area (Å²) >= 11 is 0. The van der Waals surface area contributed by atoms with Crippen molar-refractivity contribution in [1.82, 2.24) is 0 Å². The molecule has 0 fully saturated rings. The monoisotopic (exact) mass is 990 g/mol. The molecule has 7 rings (SSSR count). The fourth-order valence-corrected chi connectivity index (χ4v) is 13.3. The maximum Gasteiger partial charge on any atom is 0.417 e. The normalized spacial score (nSPS) is 12.6.